The van der Waals surface area contributed by atoms with Crippen LogP contribution in [0.3, 0.4) is 0 Å². The Labute approximate surface area is 170 Å². The Morgan fingerprint density at radius 2 is 1.68 bits per heavy atom. The van der Waals surface area contributed by atoms with E-state index in [4.69, 9.17) is 0 Å². The topological polar surface area (TPSA) is 78.4 Å². The van der Waals surface area contributed by atoms with Crippen LogP contribution in [0.15, 0.2) is 0 Å². The Morgan fingerprint density at radius 3 is 2.32 bits per heavy atom. The Morgan fingerprint density at radius 1 is 1.04 bits per heavy atom. The average molecular weight is 393 g/mol. The minimum Gasteiger partial charge on any atom is -0.392 e. The molecule has 0 bridgehead atoms. The molecule has 0 radical (unpaired) electrons. The van der Waals surface area contributed by atoms with Crippen LogP contribution in [0.5, 0.6) is 0 Å². The number of carbonyl (C=O) groups is 2. The number of amides is 2. The van der Waals surface area contributed by atoms with Crippen molar-refractivity contribution in [3.63, 3.8) is 0 Å². The largest absolute Gasteiger partial charge is 0.392 e. The molecule has 5 nitrogen and oxygen atoms in total. The monoisotopic (exact) mass is 392 g/mol. The van der Waals surface area contributed by atoms with Crippen molar-refractivity contribution >= 4 is 11.8 Å². The predicted molar refractivity (Wildman–Crippen MR) is 111 cm³/mol. The Hall–Kier alpha value is -1.10. The molecule has 3 aliphatic carbocycles. The quantitative estimate of drug-likeness (QED) is 0.686. The molecular formula is C23H40N2O3. The summed E-state index contributed by atoms with van der Waals surface area (Å²) in [5.74, 6) is 0.287. The first-order valence-corrected chi connectivity index (χ1v) is 11.5. The summed E-state index contributed by atoms with van der Waals surface area (Å²) in [7, 11) is 0. The summed E-state index contributed by atoms with van der Waals surface area (Å²) in [5.41, 5.74) is 0.101. The van der Waals surface area contributed by atoms with Crippen molar-refractivity contribution in [1.82, 2.24) is 10.6 Å². The van der Waals surface area contributed by atoms with Crippen LogP contribution in [0.25, 0.3) is 0 Å². The lowest BCUT2D eigenvalue weighted by molar-refractivity contribution is -0.144. The SMILES string of the molecule is CC(=O)NC1CCC2(C)CCC(C(C)C(=O)NC3CCCCC3)C(O)C2C1C. The molecule has 0 spiro atoms. The first-order chi connectivity index (χ1) is 13.2. The number of aliphatic hydroxyl groups excluding tert-OH is 1. The molecule has 3 saturated carbocycles. The lowest BCUT2D eigenvalue weighted by atomic mass is 9.51. The van der Waals surface area contributed by atoms with Gasteiger partial charge in [-0.05, 0) is 61.7 Å². The van der Waals surface area contributed by atoms with Gasteiger partial charge >= 0.3 is 0 Å². The third kappa shape index (κ3) is 4.39. The molecule has 0 aromatic rings. The zero-order valence-corrected chi connectivity index (χ0v) is 18.2. The molecule has 7 unspecified atom stereocenters. The molecule has 3 aliphatic rings. The molecule has 28 heavy (non-hydrogen) atoms. The van der Waals surface area contributed by atoms with Crippen molar-refractivity contribution in [3.8, 4) is 0 Å². The van der Waals surface area contributed by atoms with E-state index < -0.39 is 6.10 Å². The van der Waals surface area contributed by atoms with Crippen molar-refractivity contribution in [2.45, 2.75) is 104 Å². The highest BCUT2D eigenvalue weighted by molar-refractivity contribution is 5.79. The van der Waals surface area contributed by atoms with E-state index >= 15 is 0 Å². The van der Waals surface area contributed by atoms with E-state index in [9.17, 15) is 14.7 Å². The van der Waals surface area contributed by atoms with Crippen molar-refractivity contribution in [3.05, 3.63) is 0 Å². The fourth-order valence-electron chi connectivity index (χ4n) is 6.53. The summed E-state index contributed by atoms with van der Waals surface area (Å²) in [6.45, 7) is 8.03. The van der Waals surface area contributed by atoms with Gasteiger partial charge in [-0.25, -0.2) is 0 Å². The standard InChI is InChI=1S/C23H40N2O3/c1-14(22(28)25-17-8-6-5-7-9-17)18-10-12-23(4)13-11-19(24-16(3)26)15(2)20(23)21(18)27/h14-15,17-21,27H,5-13H2,1-4H3,(H,24,26)(H,25,28). The smallest absolute Gasteiger partial charge is 0.223 e. The summed E-state index contributed by atoms with van der Waals surface area (Å²) in [4.78, 5) is 24.5. The fraction of sp³-hybridized carbons (Fsp3) is 0.913. The lowest BCUT2D eigenvalue weighted by Crippen LogP contribution is -2.58. The van der Waals surface area contributed by atoms with Crippen molar-refractivity contribution in [2.75, 3.05) is 0 Å². The van der Waals surface area contributed by atoms with E-state index in [2.05, 4.69) is 24.5 Å². The number of fused-ring (bicyclic) bond motifs is 1. The first kappa shape index (κ1) is 21.6. The summed E-state index contributed by atoms with van der Waals surface area (Å²) >= 11 is 0. The summed E-state index contributed by atoms with van der Waals surface area (Å²) in [6, 6.07) is 0.433. The van der Waals surface area contributed by atoms with Gasteiger partial charge < -0.3 is 15.7 Å². The minimum absolute atomic E-state index is 0.000179. The highest BCUT2D eigenvalue weighted by atomic mass is 16.3. The molecular weight excluding hydrogens is 352 g/mol. The van der Waals surface area contributed by atoms with Crippen molar-refractivity contribution < 1.29 is 14.7 Å². The normalized spacial score (nSPS) is 40.2. The summed E-state index contributed by atoms with van der Waals surface area (Å²) in [6.07, 6.45) is 9.32. The molecule has 3 rings (SSSR count). The number of hydrogen-bond donors (Lipinski definition) is 3. The van der Waals surface area contributed by atoms with Crippen LogP contribution in [0.2, 0.25) is 0 Å². The van der Waals surface area contributed by atoms with Crippen LogP contribution >= 0.6 is 0 Å². The van der Waals surface area contributed by atoms with Gasteiger partial charge in [0.25, 0.3) is 0 Å². The molecule has 0 aromatic carbocycles. The van der Waals surface area contributed by atoms with Crippen molar-refractivity contribution in [2.24, 2.45) is 29.1 Å². The zero-order valence-electron chi connectivity index (χ0n) is 18.2. The number of nitrogens with one attached hydrogen (secondary N) is 2. The number of carbonyl (C=O) groups excluding carboxylic acids is 2. The predicted octanol–water partition coefficient (Wildman–Crippen LogP) is 3.40. The zero-order chi connectivity index (χ0) is 20.5. The van der Waals surface area contributed by atoms with Gasteiger partial charge in [0.15, 0.2) is 0 Å². The van der Waals surface area contributed by atoms with Crippen LogP contribution in [-0.4, -0.2) is 35.1 Å². The van der Waals surface area contributed by atoms with Gasteiger partial charge in [0.2, 0.25) is 11.8 Å². The van der Waals surface area contributed by atoms with E-state index in [0.29, 0.717) is 6.04 Å². The fourth-order valence-corrected chi connectivity index (χ4v) is 6.53. The second-order valence-corrected chi connectivity index (χ2v) is 10.2. The highest BCUT2D eigenvalue weighted by Crippen LogP contribution is 2.55. The van der Waals surface area contributed by atoms with E-state index in [-0.39, 0.29) is 46.9 Å². The van der Waals surface area contributed by atoms with Crippen LogP contribution < -0.4 is 10.6 Å². The minimum atomic E-state index is -0.489. The maximum Gasteiger partial charge on any atom is 0.223 e. The van der Waals surface area contributed by atoms with Gasteiger partial charge in [-0.15, -0.1) is 0 Å². The van der Waals surface area contributed by atoms with E-state index in [0.717, 1.165) is 38.5 Å². The lowest BCUT2D eigenvalue weighted by Gasteiger charge is -2.56. The second-order valence-electron chi connectivity index (χ2n) is 10.2. The van der Waals surface area contributed by atoms with E-state index in [1.807, 2.05) is 6.92 Å². The van der Waals surface area contributed by atoms with Gasteiger partial charge in [-0.1, -0.05) is 40.0 Å². The molecule has 0 aliphatic heterocycles. The average Bonchev–Trinajstić information content (AvgIpc) is 2.64. The maximum atomic E-state index is 12.9. The summed E-state index contributed by atoms with van der Waals surface area (Å²) in [5, 5.41) is 17.7. The number of aliphatic hydroxyl groups is 1. The first-order valence-electron chi connectivity index (χ1n) is 11.5. The number of rotatable bonds is 4. The third-order valence-electron chi connectivity index (χ3n) is 8.28. The Balaban J connectivity index is 1.68. The van der Waals surface area contributed by atoms with Gasteiger partial charge in [0, 0.05) is 24.9 Å². The summed E-state index contributed by atoms with van der Waals surface area (Å²) < 4.78 is 0. The van der Waals surface area contributed by atoms with Gasteiger partial charge in [-0.3, -0.25) is 9.59 Å². The van der Waals surface area contributed by atoms with Crippen LogP contribution in [0.1, 0.15) is 85.5 Å². The molecule has 0 saturated heterocycles. The Bertz CT molecular complexity index is 574. The van der Waals surface area contributed by atoms with Gasteiger partial charge in [0.1, 0.15) is 0 Å². The molecule has 5 heteroatoms. The van der Waals surface area contributed by atoms with Crippen LogP contribution in [-0.2, 0) is 9.59 Å². The van der Waals surface area contributed by atoms with Crippen LogP contribution in [0.4, 0.5) is 0 Å². The molecule has 160 valence electrons. The van der Waals surface area contributed by atoms with E-state index in [1.165, 1.54) is 19.3 Å². The molecule has 0 aromatic heterocycles. The molecule has 2 amide bonds. The molecule has 3 N–H and O–H groups in total. The van der Waals surface area contributed by atoms with Crippen LogP contribution in [0, 0.1) is 29.1 Å². The van der Waals surface area contributed by atoms with Gasteiger partial charge in [-0.2, -0.15) is 0 Å². The highest BCUT2D eigenvalue weighted by Gasteiger charge is 2.53. The third-order valence-corrected chi connectivity index (χ3v) is 8.28. The second kappa shape index (κ2) is 8.73. The maximum absolute atomic E-state index is 12.9. The molecule has 7 atom stereocenters. The molecule has 0 heterocycles. The van der Waals surface area contributed by atoms with E-state index in [1.54, 1.807) is 6.92 Å². The van der Waals surface area contributed by atoms with Crippen molar-refractivity contribution in [1.29, 1.82) is 0 Å². The molecule has 3 fully saturated rings. The number of hydrogen-bond acceptors (Lipinski definition) is 3. The Kier molecular flexibility index (Phi) is 6.73. The van der Waals surface area contributed by atoms with Gasteiger partial charge in [0.05, 0.1) is 6.10 Å².